The molecule has 0 aromatic carbocycles. The highest BCUT2D eigenvalue weighted by molar-refractivity contribution is 5.47. The van der Waals surface area contributed by atoms with E-state index in [1.807, 2.05) is 20.8 Å². The van der Waals surface area contributed by atoms with Gasteiger partial charge in [0.15, 0.2) is 0 Å². The Balaban J connectivity index is 2.69. The summed E-state index contributed by atoms with van der Waals surface area (Å²) < 4.78 is 5.36. The lowest BCUT2D eigenvalue weighted by Crippen LogP contribution is -2.19. The van der Waals surface area contributed by atoms with E-state index in [0.29, 0.717) is 24.8 Å². The molecule has 0 aliphatic rings. The maximum Gasteiger partial charge on any atom is 0.221 e. The smallest absolute Gasteiger partial charge is 0.221 e. The van der Waals surface area contributed by atoms with Crippen molar-refractivity contribution in [1.82, 2.24) is 9.97 Å². The van der Waals surface area contributed by atoms with E-state index in [9.17, 15) is 5.11 Å². The van der Waals surface area contributed by atoms with Gasteiger partial charge in [-0.1, -0.05) is 6.92 Å². The summed E-state index contributed by atoms with van der Waals surface area (Å²) in [7, 11) is 0. The number of aliphatic hydroxyl groups is 1. The second-order valence-corrected chi connectivity index (χ2v) is 3.53. The van der Waals surface area contributed by atoms with E-state index < -0.39 is 0 Å². The Hall–Kier alpha value is -1.36. The number of aliphatic hydroxyl groups excluding tert-OH is 1. The molecule has 0 amide bonds. The summed E-state index contributed by atoms with van der Waals surface area (Å²) in [6, 6.07) is 0. The number of hydrogen-bond donors (Lipinski definition) is 2. The molecule has 0 spiro atoms. The van der Waals surface area contributed by atoms with Gasteiger partial charge >= 0.3 is 0 Å². The number of hydrogen-bond acceptors (Lipinski definition) is 5. The van der Waals surface area contributed by atoms with Crippen molar-refractivity contribution in [2.45, 2.75) is 33.3 Å². The summed E-state index contributed by atoms with van der Waals surface area (Å²) in [4.78, 5) is 8.15. The van der Waals surface area contributed by atoms with Crippen LogP contribution in [0.25, 0.3) is 0 Å². The number of nitrogens with one attached hydrogen (secondary N) is 1. The van der Waals surface area contributed by atoms with Gasteiger partial charge < -0.3 is 15.2 Å². The van der Waals surface area contributed by atoms with Gasteiger partial charge in [0, 0.05) is 6.54 Å². The molecule has 0 radical (unpaired) electrons. The maximum absolute atomic E-state index is 9.45. The molecule has 0 aliphatic heterocycles. The van der Waals surface area contributed by atoms with Crippen LogP contribution in [0.4, 0.5) is 5.82 Å². The van der Waals surface area contributed by atoms with Crippen LogP contribution in [-0.4, -0.2) is 34.3 Å². The Morgan fingerprint density at radius 2 is 2.19 bits per heavy atom. The highest BCUT2D eigenvalue weighted by Crippen LogP contribution is 2.20. The lowest BCUT2D eigenvalue weighted by molar-refractivity contribution is 0.183. The minimum absolute atomic E-state index is 0.357. The van der Waals surface area contributed by atoms with E-state index in [1.54, 1.807) is 0 Å². The van der Waals surface area contributed by atoms with Gasteiger partial charge in [0.25, 0.3) is 0 Å². The van der Waals surface area contributed by atoms with Crippen LogP contribution in [0.2, 0.25) is 0 Å². The van der Waals surface area contributed by atoms with E-state index in [-0.39, 0.29) is 6.10 Å². The van der Waals surface area contributed by atoms with Gasteiger partial charge in [0.2, 0.25) is 5.88 Å². The summed E-state index contributed by atoms with van der Waals surface area (Å²) in [5, 5.41) is 12.5. The van der Waals surface area contributed by atoms with Crippen LogP contribution in [0.3, 0.4) is 0 Å². The van der Waals surface area contributed by atoms with Gasteiger partial charge in [0.1, 0.15) is 12.1 Å². The number of aromatic nitrogens is 2. The fourth-order valence-corrected chi connectivity index (χ4v) is 1.25. The molecule has 16 heavy (non-hydrogen) atoms. The summed E-state index contributed by atoms with van der Waals surface area (Å²) in [5.41, 5.74) is 0.868. The zero-order valence-corrected chi connectivity index (χ0v) is 10.0. The quantitative estimate of drug-likeness (QED) is 0.765. The Morgan fingerprint density at radius 3 is 2.81 bits per heavy atom. The summed E-state index contributed by atoms with van der Waals surface area (Å²) in [6.45, 7) is 6.81. The average Bonchev–Trinajstić information content (AvgIpc) is 2.30. The lowest BCUT2D eigenvalue weighted by atomic mass is 10.2. The Bertz CT molecular complexity index is 331. The first kappa shape index (κ1) is 12.7. The second-order valence-electron chi connectivity index (χ2n) is 3.53. The average molecular weight is 225 g/mol. The summed E-state index contributed by atoms with van der Waals surface area (Å²) >= 11 is 0. The molecular weight excluding hydrogens is 206 g/mol. The molecular formula is C11H19N3O2. The van der Waals surface area contributed by atoms with Crippen molar-refractivity contribution in [2.75, 3.05) is 18.5 Å². The lowest BCUT2D eigenvalue weighted by Gasteiger charge is -2.13. The molecule has 0 saturated carbocycles. The molecule has 1 atom stereocenters. The van der Waals surface area contributed by atoms with Gasteiger partial charge in [-0.3, -0.25) is 0 Å². The number of ether oxygens (including phenoxy) is 1. The number of rotatable bonds is 6. The van der Waals surface area contributed by atoms with Crippen molar-refractivity contribution < 1.29 is 9.84 Å². The molecule has 1 aromatic heterocycles. The normalized spacial score (nSPS) is 12.2. The molecule has 5 heteroatoms. The molecule has 1 unspecified atom stereocenters. The molecule has 1 aromatic rings. The minimum atomic E-state index is -0.357. The zero-order valence-electron chi connectivity index (χ0n) is 10.0. The zero-order chi connectivity index (χ0) is 12.0. The van der Waals surface area contributed by atoms with Crippen LogP contribution in [0.5, 0.6) is 5.88 Å². The Labute approximate surface area is 95.9 Å². The molecule has 90 valence electrons. The minimum Gasteiger partial charge on any atom is -0.478 e. The second kappa shape index (κ2) is 6.27. The molecule has 1 rings (SSSR count). The van der Waals surface area contributed by atoms with Crippen molar-refractivity contribution in [3.63, 3.8) is 0 Å². The van der Waals surface area contributed by atoms with Crippen LogP contribution in [-0.2, 0) is 0 Å². The van der Waals surface area contributed by atoms with E-state index >= 15 is 0 Å². The van der Waals surface area contributed by atoms with Gasteiger partial charge in [0.05, 0.1) is 18.3 Å². The first-order chi connectivity index (χ1) is 7.69. The molecule has 0 fully saturated rings. The third kappa shape index (κ3) is 3.34. The SMILES string of the molecule is CCOc1ncnc(NCC(O)CC)c1C. The van der Waals surface area contributed by atoms with Crippen LogP contribution >= 0.6 is 0 Å². The van der Waals surface area contributed by atoms with E-state index in [1.165, 1.54) is 6.33 Å². The molecule has 2 N–H and O–H groups in total. The molecule has 1 heterocycles. The van der Waals surface area contributed by atoms with E-state index in [4.69, 9.17) is 4.74 Å². The Kier molecular flexibility index (Phi) is 4.98. The fraction of sp³-hybridized carbons (Fsp3) is 0.636. The van der Waals surface area contributed by atoms with Gasteiger partial charge in [-0.15, -0.1) is 0 Å². The van der Waals surface area contributed by atoms with Crippen molar-refractivity contribution in [1.29, 1.82) is 0 Å². The topological polar surface area (TPSA) is 67.3 Å². The predicted octanol–water partition coefficient (Wildman–Crippen LogP) is 1.37. The van der Waals surface area contributed by atoms with Gasteiger partial charge in [-0.25, -0.2) is 9.97 Å². The predicted molar refractivity (Wildman–Crippen MR) is 62.7 cm³/mol. The van der Waals surface area contributed by atoms with Crippen LogP contribution in [0.15, 0.2) is 6.33 Å². The molecule has 0 bridgehead atoms. The Morgan fingerprint density at radius 1 is 1.44 bits per heavy atom. The van der Waals surface area contributed by atoms with Crippen LogP contribution in [0.1, 0.15) is 25.8 Å². The van der Waals surface area contributed by atoms with E-state index in [0.717, 1.165) is 12.0 Å². The fourth-order valence-electron chi connectivity index (χ4n) is 1.25. The van der Waals surface area contributed by atoms with Gasteiger partial charge in [-0.2, -0.15) is 0 Å². The van der Waals surface area contributed by atoms with Gasteiger partial charge in [-0.05, 0) is 20.3 Å². The first-order valence-electron chi connectivity index (χ1n) is 5.55. The third-order valence-corrected chi connectivity index (χ3v) is 2.30. The summed E-state index contributed by atoms with van der Waals surface area (Å²) in [5.74, 6) is 1.30. The maximum atomic E-state index is 9.45. The number of nitrogens with zero attached hydrogens (tertiary/aromatic N) is 2. The summed E-state index contributed by atoms with van der Waals surface area (Å²) in [6.07, 6.45) is 1.82. The number of anilines is 1. The third-order valence-electron chi connectivity index (χ3n) is 2.30. The largest absolute Gasteiger partial charge is 0.478 e. The molecule has 0 saturated heterocycles. The highest BCUT2D eigenvalue weighted by Gasteiger charge is 2.08. The van der Waals surface area contributed by atoms with Crippen LogP contribution in [0, 0.1) is 6.92 Å². The van der Waals surface area contributed by atoms with Crippen molar-refractivity contribution in [3.05, 3.63) is 11.9 Å². The van der Waals surface area contributed by atoms with Crippen molar-refractivity contribution in [2.24, 2.45) is 0 Å². The molecule has 5 nitrogen and oxygen atoms in total. The molecule has 0 aliphatic carbocycles. The standard InChI is InChI=1S/C11H19N3O2/c1-4-9(15)6-12-10-8(3)11(16-5-2)14-7-13-10/h7,9,15H,4-6H2,1-3H3,(H,12,13,14). The highest BCUT2D eigenvalue weighted by atomic mass is 16.5. The van der Waals surface area contributed by atoms with E-state index in [2.05, 4.69) is 15.3 Å². The first-order valence-corrected chi connectivity index (χ1v) is 5.55. The van der Waals surface area contributed by atoms with Crippen molar-refractivity contribution >= 4 is 5.82 Å². The van der Waals surface area contributed by atoms with Crippen LogP contribution < -0.4 is 10.1 Å². The van der Waals surface area contributed by atoms with Crippen molar-refractivity contribution in [3.8, 4) is 5.88 Å². The monoisotopic (exact) mass is 225 g/mol.